The highest BCUT2D eigenvalue weighted by molar-refractivity contribution is 5.90. The molecular formula is C11H15NO. The summed E-state index contributed by atoms with van der Waals surface area (Å²) in [5.74, 6) is -0.0169. The Bertz CT molecular complexity index is 342. The molecule has 0 aliphatic rings. The van der Waals surface area contributed by atoms with E-state index in [1.807, 2.05) is 26.8 Å². The van der Waals surface area contributed by atoms with Crippen molar-refractivity contribution in [3.8, 4) is 0 Å². The first kappa shape index (κ1) is 9.78. The molecule has 0 atom stereocenters. The second-order valence-electron chi connectivity index (χ2n) is 3.38. The van der Waals surface area contributed by atoms with E-state index in [0.29, 0.717) is 0 Å². The van der Waals surface area contributed by atoms with E-state index in [-0.39, 0.29) is 5.91 Å². The summed E-state index contributed by atoms with van der Waals surface area (Å²) >= 11 is 0. The van der Waals surface area contributed by atoms with Crippen molar-refractivity contribution < 1.29 is 4.79 Å². The summed E-state index contributed by atoms with van der Waals surface area (Å²) in [4.78, 5) is 10.9. The summed E-state index contributed by atoms with van der Waals surface area (Å²) in [6.07, 6.45) is 0. The summed E-state index contributed by atoms with van der Waals surface area (Å²) in [7, 11) is 0. The maximum absolute atomic E-state index is 10.9. The molecule has 1 amide bonds. The van der Waals surface area contributed by atoms with Crippen LogP contribution in [0.15, 0.2) is 12.1 Å². The Labute approximate surface area is 79.0 Å². The van der Waals surface area contributed by atoms with Gasteiger partial charge in [-0.25, -0.2) is 0 Å². The Kier molecular flexibility index (Phi) is 2.71. The monoisotopic (exact) mass is 177 g/mol. The van der Waals surface area contributed by atoms with Crippen LogP contribution in [0.2, 0.25) is 0 Å². The molecule has 0 aliphatic heterocycles. The molecule has 0 saturated carbocycles. The van der Waals surface area contributed by atoms with Gasteiger partial charge in [-0.05, 0) is 37.5 Å². The second-order valence-corrected chi connectivity index (χ2v) is 3.38. The number of carbonyl (C=O) groups excluding carboxylic acids is 1. The molecule has 2 heteroatoms. The van der Waals surface area contributed by atoms with Crippen LogP contribution in [0.1, 0.15) is 23.6 Å². The topological polar surface area (TPSA) is 29.1 Å². The second kappa shape index (κ2) is 3.60. The molecule has 0 aromatic heterocycles. The molecule has 0 unspecified atom stereocenters. The summed E-state index contributed by atoms with van der Waals surface area (Å²) < 4.78 is 0. The smallest absolute Gasteiger partial charge is 0.221 e. The maximum Gasteiger partial charge on any atom is 0.221 e. The minimum Gasteiger partial charge on any atom is -0.326 e. The fourth-order valence-corrected chi connectivity index (χ4v) is 1.32. The maximum atomic E-state index is 10.9. The Morgan fingerprint density at radius 3 is 2.23 bits per heavy atom. The Morgan fingerprint density at radius 2 is 1.69 bits per heavy atom. The molecule has 1 aromatic rings. The average molecular weight is 177 g/mol. The number of carbonyl (C=O) groups is 1. The van der Waals surface area contributed by atoms with Gasteiger partial charge in [0.25, 0.3) is 0 Å². The number of anilines is 1. The lowest BCUT2D eigenvalue weighted by atomic mass is 10.0. The third-order valence-electron chi connectivity index (χ3n) is 2.25. The van der Waals surface area contributed by atoms with Crippen LogP contribution in [-0.2, 0) is 4.79 Å². The van der Waals surface area contributed by atoms with Crippen LogP contribution in [0.5, 0.6) is 0 Å². The predicted molar refractivity (Wildman–Crippen MR) is 55.0 cm³/mol. The minimum atomic E-state index is -0.0169. The van der Waals surface area contributed by atoms with Gasteiger partial charge in [-0.2, -0.15) is 0 Å². The van der Waals surface area contributed by atoms with Gasteiger partial charge in [0, 0.05) is 12.6 Å². The molecule has 1 rings (SSSR count). The van der Waals surface area contributed by atoms with E-state index in [1.54, 1.807) is 0 Å². The van der Waals surface area contributed by atoms with Crippen molar-refractivity contribution >= 4 is 11.6 Å². The SMILES string of the molecule is CC(=O)Nc1c(C)ccc(C)c1C. The molecule has 1 aromatic carbocycles. The first-order chi connectivity index (χ1) is 6.02. The molecule has 0 spiro atoms. The zero-order chi connectivity index (χ0) is 10.0. The van der Waals surface area contributed by atoms with Gasteiger partial charge < -0.3 is 5.32 Å². The van der Waals surface area contributed by atoms with Crippen LogP contribution in [0.3, 0.4) is 0 Å². The number of benzene rings is 1. The van der Waals surface area contributed by atoms with Gasteiger partial charge in [0.1, 0.15) is 0 Å². The highest BCUT2D eigenvalue weighted by Gasteiger charge is 2.05. The van der Waals surface area contributed by atoms with Crippen molar-refractivity contribution in [3.63, 3.8) is 0 Å². The van der Waals surface area contributed by atoms with Gasteiger partial charge in [0.05, 0.1) is 0 Å². The number of hydrogen-bond donors (Lipinski definition) is 1. The molecular weight excluding hydrogens is 162 g/mol. The molecule has 0 fully saturated rings. The van der Waals surface area contributed by atoms with Gasteiger partial charge in [-0.3, -0.25) is 4.79 Å². The van der Waals surface area contributed by atoms with Crippen molar-refractivity contribution in [2.75, 3.05) is 5.32 Å². The van der Waals surface area contributed by atoms with Gasteiger partial charge in [-0.15, -0.1) is 0 Å². The normalized spacial score (nSPS) is 9.85. The molecule has 0 bridgehead atoms. The lowest BCUT2D eigenvalue weighted by Gasteiger charge is -2.11. The number of hydrogen-bond acceptors (Lipinski definition) is 1. The van der Waals surface area contributed by atoms with E-state index in [1.165, 1.54) is 12.5 Å². The van der Waals surface area contributed by atoms with Crippen molar-refractivity contribution in [1.82, 2.24) is 0 Å². The molecule has 0 saturated heterocycles. The third kappa shape index (κ3) is 2.08. The van der Waals surface area contributed by atoms with Crippen LogP contribution in [-0.4, -0.2) is 5.91 Å². The van der Waals surface area contributed by atoms with E-state index < -0.39 is 0 Å². The summed E-state index contributed by atoms with van der Waals surface area (Å²) in [5, 5.41) is 2.84. The van der Waals surface area contributed by atoms with Crippen LogP contribution in [0.4, 0.5) is 5.69 Å². The quantitative estimate of drug-likeness (QED) is 0.701. The van der Waals surface area contributed by atoms with Gasteiger partial charge in [0.2, 0.25) is 5.91 Å². The fourth-order valence-electron chi connectivity index (χ4n) is 1.32. The molecule has 2 nitrogen and oxygen atoms in total. The zero-order valence-corrected chi connectivity index (χ0v) is 8.56. The predicted octanol–water partition coefficient (Wildman–Crippen LogP) is 2.57. The number of amides is 1. The standard InChI is InChI=1S/C11H15NO/c1-7-5-6-8(2)11(9(7)3)12-10(4)13/h5-6H,1-4H3,(H,12,13). The first-order valence-corrected chi connectivity index (χ1v) is 4.36. The summed E-state index contributed by atoms with van der Waals surface area (Å²) in [6, 6.07) is 4.09. The average Bonchev–Trinajstić information content (AvgIpc) is 2.05. The molecule has 0 aliphatic carbocycles. The van der Waals surface area contributed by atoms with E-state index in [9.17, 15) is 4.79 Å². The van der Waals surface area contributed by atoms with E-state index >= 15 is 0 Å². The van der Waals surface area contributed by atoms with Crippen molar-refractivity contribution in [1.29, 1.82) is 0 Å². The first-order valence-electron chi connectivity index (χ1n) is 4.36. The number of nitrogens with one attached hydrogen (secondary N) is 1. The number of aryl methyl sites for hydroxylation is 2. The molecule has 0 radical (unpaired) electrons. The van der Waals surface area contributed by atoms with Gasteiger partial charge >= 0.3 is 0 Å². The highest BCUT2D eigenvalue weighted by Crippen LogP contribution is 2.22. The third-order valence-corrected chi connectivity index (χ3v) is 2.25. The largest absolute Gasteiger partial charge is 0.326 e. The fraction of sp³-hybridized carbons (Fsp3) is 0.364. The highest BCUT2D eigenvalue weighted by atomic mass is 16.1. The lowest BCUT2D eigenvalue weighted by Crippen LogP contribution is -2.09. The van der Waals surface area contributed by atoms with Gasteiger partial charge in [-0.1, -0.05) is 12.1 Å². The van der Waals surface area contributed by atoms with Gasteiger partial charge in [0.15, 0.2) is 0 Å². The Hall–Kier alpha value is -1.31. The van der Waals surface area contributed by atoms with E-state index in [0.717, 1.165) is 16.8 Å². The molecule has 70 valence electrons. The van der Waals surface area contributed by atoms with E-state index in [2.05, 4.69) is 11.4 Å². The molecule has 0 heterocycles. The lowest BCUT2D eigenvalue weighted by molar-refractivity contribution is -0.114. The minimum absolute atomic E-state index is 0.0169. The van der Waals surface area contributed by atoms with Crippen LogP contribution in [0, 0.1) is 20.8 Å². The summed E-state index contributed by atoms with van der Waals surface area (Å²) in [6.45, 7) is 7.59. The van der Waals surface area contributed by atoms with E-state index in [4.69, 9.17) is 0 Å². The van der Waals surface area contributed by atoms with Crippen LogP contribution in [0.25, 0.3) is 0 Å². The van der Waals surface area contributed by atoms with Crippen LogP contribution >= 0.6 is 0 Å². The Balaban J connectivity index is 3.17. The van der Waals surface area contributed by atoms with Crippen LogP contribution < -0.4 is 5.32 Å². The zero-order valence-electron chi connectivity index (χ0n) is 8.56. The molecule has 1 N–H and O–H groups in total. The van der Waals surface area contributed by atoms with Crippen molar-refractivity contribution in [2.24, 2.45) is 0 Å². The number of rotatable bonds is 1. The molecule has 13 heavy (non-hydrogen) atoms. The van der Waals surface area contributed by atoms with Crippen molar-refractivity contribution in [3.05, 3.63) is 28.8 Å². The summed E-state index contributed by atoms with van der Waals surface area (Å²) in [5.41, 5.74) is 4.41. The Morgan fingerprint density at radius 1 is 1.15 bits per heavy atom. The van der Waals surface area contributed by atoms with Crippen molar-refractivity contribution in [2.45, 2.75) is 27.7 Å².